The molecule has 1 aliphatic heterocycles. The third-order valence-electron chi connectivity index (χ3n) is 5.18. The number of rotatable bonds is 6. The van der Waals surface area contributed by atoms with Gasteiger partial charge in [-0.05, 0) is 30.2 Å². The SMILES string of the molecule is COc1cc(OC)cc(C(=O)N2CCN(C(=O)CCc3ccccc3N)CC2)c1. The molecule has 2 N–H and O–H groups in total. The van der Waals surface area contributed by atoms with Crippen molar-refractivity contribution in [2.24, 2.45) is 0 Å². The van der Waals surface area contributed by atoms with E-state index in [1.807, 2.05) is 29.2 Å². The Labute approximate surface area is 171 Å². The van der Waals surface area contributed by atoms with Gasteiger partial charge in [-0.1, -0.05) is 18.2 Å². The molecule has 7 heteroatoms. The Hall–Kier alpha value is -3.22. The number of amides is 2. The van der Waals surface area contributed by atoms with Crippen molar-refractivity contribution in [3.05, 3.63) is 53.6 Å². The summed E-state index contributed by atoms with van der Waals surface area (Å²) >= 11 is 0. The normalized spacial score (nSPS) is 13.9. The van der Waals surface area contributed by atoms with Gasteiger partial charge in [0.2, 0.25) is 5.91 Å². The predicted octanol–water partition coefficient (Wildman–Crippen LogP) is 2.20. The number of piperazine rings is 1. The van der Waals surface area contributed by atoms with Crippen LogP contribution in [0.1, 0.15) is 22.3 Å². The number of para-hydroxylation sites is 1. The molecule has 0 spiro atoms. The molecule has 0 saturated carbocycles. The fourth-order valence-corrected chi connectivity index (χ4v) is 3.43. The molecule has 1 aliphatic rings. The van der Waals surface area contributed by atoms with E-state index in [2.05, 4.69) is 0 Å². The third kappa shape index (κ3) is 4.99. The van der Waals surface area contributed by atoms with E-state index in [1.54, 1.807) is 37.3 Å². The lowest BCUT2D eigenvalue weighted by atomic mass is 10.1. The van der Waals surface area contributed by atoms with Gasteiger partial charge < -0.3 is 25.0 Å². The van der Waals surface area contributed by atoms with Crippen LogP contribution in [0.4, 0.5) is 5.69 Å². The molecule has 1 fully saturated rings. The van der Waals surface area contributed by atoms with Crippen molar-refractivity contribution in [2.75, 3.05) is 46.1 Å². The maximum Gasteiger partial charge on any atom is 0.254 e. The summed E-state index contributed by atoms with van der Waals surface area (Å²) in [6.07, 6.45) is 1.03. The lowest BCUT2D eigenvalue weighted by Gasteiger charge is -2.35. The molecule has 0 radical (unpaired) electrons. The molecule has 0 aromatic heterocycles. The van der Waals surface area contributed by atoms with Crippen molar-refractivity contribution in [3.8, 4) is 11.5 Å². The highest BCUT2D eigenvalue weighted by Crippen LogP contribution is 2.24. The number of ether oxygens (including phenoxy) is 2. The van der Waals surface area contributed by atoms with Crippen LogP contribution in [0.3, 0.4) is 0 Å². The molecule has 0 bridgehead atoms. The van der Waals surface area contributed by atoms with Crippen LogP contribution >= 0.6 is 0 Å². The van der Waals surface area contributed by atoms with E-state index < -0.39 is 0 Å². The lowest BCUT2D eigenvalue weighted by molar-refractivity contribution is -0.132. The van der Waals surface area contributed by atoms with Crippen molar-refractivity contribution < 1.29 is 19.1 Å². The van der Waals surface area contributed by atoms with Gasteiger partial charge in [-0.15, -0.1) is 0 Å². The summed E-state index contributed by atoms with van der Waals surface area (Å²) in [4.78, 5) is 29.0. The zero-order valence-corrected chi connectivity index (χ0v) is 16.9. The van der Waals surface area contributed by atoms with Crippen molar-refractivity contribution in [2.45, 2.75) is 12.8 Å². The van der Waals surface area contributed by atoms with Crippen LogP contribution in [0.5, 0.6) is 11.5 Å². The molecular weight excluding hydrogens is 370 g/mol. The zero-order chi connectivity index (χ0) is 20.8. The van der Waals surface area contributed by atoms with E-state index in [4.69, 9.17) is 15.2 Å². The molecule has 7 nitrogen and oxygen atoms in total. The van der Waals surface area contributed by atoms with E-state index in [0.29, 0.717) is 61.8 Å². The molecule has 1 heterocycles. The summed E-state index contributed by atoms with van der Waals surface area (Å²) in [7, 11) is 3.10. The highest BCUT2D eigenvalue weighted by Gasteiger charge is 2.25. The van der Waals surface area contributed by atoms with Gasteiger partial charge in [-0.2, -0.15) is 0 Å². The number of nitrogen functional groups attached to an aromatic ring is 1. The molecule has 2 amide bonds. The predicted molar refractivity (Wildman–Crippen MR) is 111 cm³/mol. The first-order chi connectivity index (χ1) is 14.0. The summed E-state index contributed by atoms with van der Waals surface area (Å²) in [5.41, 5.74) is 8.16. The highest BCUT2D eigenvalue weighted by atomic mass is 16.5. The number of carbonyl (C=O) groups is 2. The molecule has 2 aromatic carbocycles. The average Bonchev–Trinajstić information content (AvgIpc) is 2.77. The van der Waals surface area contributed by atoms with E-state index >= 15 is 0 Å². The first-order valence-electron chi connectivity index (χ1n) is 9.65. The number of nitrogens with zero attached hydrogens (tertiary/aromatic N) is 2. The summed E-state index contributed by atoms with van der Waals surface area (Å²) < 4.78 is 10.5. The number of hydrogen-bond donors (Lipinski definition) is 1. The first-order valence-corrected chi connectivity index (χ1v) is 9.65. The second kappa shape index (κ2) is 9.32. The van der Waals surface area contributed by atoms with Gasteiger partial charge in [0.1, 0.15) is 11.5 Å². The minimum Gasteiger partial charge on any atom is -0.497 e. The van der Waals surface area contributed by atoms with Crippen molar-refractivity contribution in [1.29, 1.82) is 0 Å². The van der Waals surface area contributed by atoms with Gasteiger partial charge in [-0.3, -0.25) is 9.59 Å². The summed E-state index contributed by atoms with van der Waals surface area (Å²) in [6, 6.07) is 12.7. The van der Waals surface area contributed by atoms with Gasteiger partial charge >= 0.3 is 0 Å². The van der Waals surface area contributed by atoms with Crippen LogP contribution in [0.2, 0.25) is 0 Å². The number of carbonyl (C=O) groups excluding carboxylic acids is 2. The van der Waals surface area contributed by atoms with E-state index in [-0.39, 0.29) is 11.8 Å². The van der Waals surface area contributed by atoms with E-state index in [9.17, 15) is 9.59 Å². The largest absolute Gasteiger partial charge is 0.497 e. The Bertz CT molecular complexity index is 854. The smallest absolute Gasteiger partial charge is 0.254 e. The van der Waals surface area contributed by atoms with Crippen LogP contribution < -0.4 is 15.2 Å². The average molecular weight is 397 g/mol. The van der Waals surface area contributed by atoms with Gasteiger partial charge in [0.25, 0.3) is 5.91 Å². The van der Waals surface area contributed by atoms with E-state index in [0.717, 1.165) is 5.56 Å². The Morgan fingerprint density at radius 1 is 0.931 bits per heavy atom. The topological polar surface area (TPSA) is 85.1 Å². The first kappa shape index (κ1) is 20.5. The zero-order valence-electron chi connectivity index (χ0n) is 16.9. The maximum atomic E-state index is 12.9. The monoisotopic (exact) mass is 397 g/mol. The highest BCUT2D eigenvalue weighted by molar-refractivity contribution is 5.95. The number of aryl methyl sites for hydroxylation is 1. The van der Waals surface area contributed by atoms with E-state index in [1.165, 1.54) is 0 Å². The van der Waals surface area contributed by atoms with Crippen molar-refractivity contribution >= 4 is 17.5 Å². The second-order valence-electron chi connectivity index (χ2n) is 6.97. The van der Waals surface area contributed by atoms with Crippen LogP contribution in [0.15, 0.2) is 42.5 Å². The molecule has 154 valence electrons. The van der Waals surface area contributed by atoms with Crippen LogP contribution in [0, 0.1) is 0 Å². The quantitative estimate of drug-likeness (QED) is 0.756. The summed E-state index contributed by atoms with van der Waals surface area (Å²) in [6.45, 7) is 2.04. The maximum absolute atomic E-state index is 12.9. The van der Waals surface area contributed by atoms with Gasteiger partial charge in [0.15, 0.2) is 0 Å². The van der Waals surface area contributed by atoms with Crippen molar-refractivity contribution in [3.63, 3.8) is 0 Å². The standard InChI is InChI=1S/C22H27N3O4/c1-28-18-13-17(14-19(15-18)29-2)22(27)25-11-9-24(10-12-25)21(26)8-7-16-5-3-4-6-20(16)23/h3-6,13-15H,7-12,23H2,1-2H3. The molecule has 2 aromatic rings. The van der Waals surface area contributed by atoms with Gasteiger partial charge in [-0.25, -0.2) is 0 Å². The molecule has 1 saturated heterocycles. The molecule has 0 aliphatic carbocycles. The number of anilines is 1. The van der Waals surface area contributed by atoms with Crippen molar-refractivity contribution in [1.82, 2.24) is 9.80 Å². The molecule has 29 heavy (non-hydrogen) atoms. The fourth-order valence-electron chi connectivity index (χ4n) is 3.43. The van der Waals surface area contributed by atoms with Crippen LogP contribution in [0.25, 0.3) is 0 Å². The summed E-state index contributed by atoms with van der Waals surface area (Å²) in [5, 5.41) is 0. The third-order valence-corrected chi connectivity index (χ3v) is 5.18. The Morgan fingerprint density at radius 2 is 1.52 bits per heavy atom. The number of methoxy groups -OCH3 is 2. The Balaban J connectivity index is 1.55. The molecule has 3 rings (SSSR count). The molecular formula is C22H27N3O4. The number of nitrogens with two attached hydrogens (primary N) is 1. The minimum atomic E-state index is -0.0913. The van der Waals surface area contributed by atoms with Gasteiger partial charge in [0.05, 0.1) is 14.2 Å². The van der Waals surface area contributed by atoms with Gasteiger partial charge in [0, 0.05) is 49.9 Å². The van der Waals surface area contributed by atoms with Crippen LogP contribution in [-0.4, -0.2) is 62.0 Å². The minimum absolute atomic E-state index is 0.0865. The number of hydrogen-bond acceptors (Lipinski definition) is 5. The molecule has 0 atom stereocenters. The Kier molecular flexibility index (Phi) is 6.59. The Morgan fingerprint density at radius 3 is 2.10 bits per heavy atom. The summed E-state index contributed by atoms with van der Waals surface area (Å²) in [5.74, 6) is 1.14. The molecule has 0 unspecified atom stereocenters. The lowest BCUT2D eigenvalue weighted by Crippen LogP contribution is -2.50. The fraction of sp³-hybridized carbons (Fsp3) is 0.364. The van der Waals surface area contributed by atoms with Crippen LogP contribution in [-0.2, 0) is 11.2 Å². The number of benzene rings is 2. The second-order valence-corrected chi connectivity index (χ2v) is 6.97.